The minimum Gasteiger partial charge on any atom is -0.497 e. The lowest BCUT2D eigenvalue weighted by Gasteiger charge is -2.11. The fraction of sp³-hybridized carbons (Fsp3) is 0.208. The molecule has 0 aliphatic rings. The first kappa shape index (κ1) is 25.2. The molecule has 34 heavy (non-hydrogen) atoms. The first-order valence-corrected chi connectivity index (χ1v) is 11.5. The first-order chi connectivity index (χ1) is 16.4. The summed E-state index contributed by atoms with van der Waals surface area (Å²) in [5.41, 5.74) is 1.63. The third-order valence-electron chi connectivity index (χ3n) is 4.64. The number of thioether (sulfide) groups is 1. The summed E-state index contributed by atoms with van der Waals surface area (Å²) in [4.78, 5) is 12.5. The number of hydrogen-bond donors (Lipinski definition) is 1. The van der Waals surface area contributed by atoms with E-state index < -0.39 is 0 Å². The number of aromatic nitrogens is 3. The molecule has 1 N–H and O–H groups in total. The van der Waals surface area contributed by atoms with Crippen LogP contribution in [0.3, 0.4) is 0 Å². The van der Waals surface area contributed by atoms with Gasteiger partial charge < -0.3 is 19.5 Å². The highest BCUT2D eigenvalue weighted by Gasteiger charge is 2.15. The fourth-order valence-corrected chi connectivity index (χ4v) is 3.88. The number of benzene rings is 2. The maximum Gasteiger partial charge on any atom is 0.244 e. The van der Waals surface area contributed by atoms with Crippen molar-refractivity contribution in [2.24, 2.45) is 0 Å². The number of nitrogens with one attached hydrogen (secondary N) is 1. The molecule has 3 aromatic rings. The molecule has 0 radical (unpaired) electrons. The average Bonchev–Trinajstić information content (AvgIpc) is 3.27. The van der Waals surface area contributed by atoms with Crippen molar-refractivity contribution in [1.29, 1.82) is 0 Å². The highest BCUT2D eigenvalue weighted by Crippen LogP contribution is 2.28. The van der Waals surface area contributed by atoms with Crippen molar-refractivity contribution in [2.45, 2.75) is 11.7 Å². The van der Waals surface area contributed by atoms with Crippen LogP contribution in [0, 0.1) is 0 Å². The lowest BCUT2D eigenvalue weighted by Crippen LogP contribution is -2.22. The predicted octanol–water partition coefficient (Wildman–Crippen LogP) is 4.47. The van der Waals surface area contributed by atoms with Crippen molar-refractivity contribution in [2.75, 3.05) is 27.1 Å². The smallest absolute Gasteiger partial charge is 0.244 e. The standard InChI is InChI=1S/C24H25ClN4O4S/c1-16(25)15-34-24-28-27-22(29(24)18-7-9-19(31-2)10-8-18)14-26-23(30)12-6-17-5-11-20(32-3)21(13-17)33-4/h5-13H,1,14-15H2,2-4H3,(H,26,30)/b12-6-. The second kappa shape index (κ2) is 12.2. The van der Waals surface area contributed by atoms with Gasteiger partial charge in [0.2, 0.25) is 5.91 Å². The molecule has 2 aromatic carbocycles. The van der Waals surface area contributed by atoms with E-state index in [0.29, 0.717) is 33.3 Å². The van der Waals surface area contributed by atoms with Crippen LogP contribution in [-0.2, 0) is 11.3 Å². The molecule has 10 heteroatoms. The maximum absolute atomic E-state index is 12.5. The van der Waals surface area contributed by atoms with Crippen LogP contribution in [0.2, 0.25) is 0 Å². The van der Waals surface area contributed by atoms with Crippen molar-refractivity contribution in [3.05, 3.63) is 71.5 Å². The Bertz CT molecular complexity index is 1180. The summed E-state index contributed by atoms with van der Waals surface area (Å²) >= 11 is 7.33. The van der Waals surface area contributed by atoms with Gasteiger partial charge >= 0.3 is 0 Å². The summed E-state index contributed by atoms with van der Waals surface area (Å²) < 4.78 is 17.6. The van der Waals surface area contributed by atoms with Crippen LogP contribution in [0.15, 0.2) is 65.3 Å². The zero-order chi connectivity index (χ0) is 24.5. The number of rotatable bonds is 11. The van der Waals surface area contributed by atoms with E-state index in [4.69, 9.17) is 25.8 Å². The molecule has 0 saturated heterocycles. The molecule has 0 fully saturated rings. The van der Waals surface area contributed by atoms with Gasteiger partial charge in [-0.15, -0.1) is 10.2 Å². The van der Waals surface area contributed by atoms with Gasteiger partial charge in [0, 0.05) is 22.5 Å². The largest absolute Gasteiger partial charge is 0.497 e. The zero-order valence-electron chi connectivity index (χ0n) is 19.1. The summed E-state index contributed by atoms with van der Waals surface area (Å²) in [6.45, 7) is 3.90. The number of carbonyl (C=O) groups is 1. The van der Waals surface area contributed by atoms with Gasteiger partial charge in [0.05, 0.1) is 27.9 Å². The Morgan fingerprint density at radius 3 is 2.47 bits per heavy atom. The molecule has 1 amide bonds. The van der Waals surface area contributed by atoms with Gasteiger partial charge in [-0.25, -0.2) is 0 Å². The van der Waals surface area contributed by atoms with Crippen LogP contribution < -0.4 is 19.5 Å². The molecule has 0 atom stereocenters. The third-order valence-corrected chi connectivity index (χ3v) is 5.95. The number of ether oxygens (including phenoxy) is 3. The summed E-state index contributed by atoms with van der Waals surface area (Å²) in [7, 11) is 4.74. The van der Waals surface area contributed by atoms with E-state index in [1.165, 1.54) is 17.8 Å². The molecule has 3 rings (SSSR count). The van der Waals surface area contributed by atoms with Crippen molar-refractivity contribution < 1.29 is 19.0 Å². The third kappa shape index (κ3) is 6.55. The monoisotopic (exact) mass is 500 g/mol. The minimum atomic E-state index is -0.276. The molecule has 1 aromatic heterocycles. The van der Waals surface area contributed by atoms with E-state index >= 15 is 0 Å². The summed E-state index contributed by atoms with van der Waals surface area (Å²) in [5, 5.41) is 12.5. The molecule has 0 saturated carbocycles. The molecule has 8 nitrogen and oxygen atoms in total. The van der Waals surface area contributed by atoms with Gasteiger partial charge in [0.1, 0.15) is 5.75 Å². The second-order valence-corrected chi connectivity index (χ2v) is 8.38. The van der Waals surface area contributed by atoms with Gasteiger partial charge in [-0.05, 0) is 48.0 Å². The van der Waals surface area contributed by atoms with Crippen LogP contribution >= 0.6 is 23.4 Å². The van der Waals surface area contributed by atoms with Crippen LogP contribution in [0.1, 0.15) is 11.4 Å². The Morgan fingerprint density at radius 2 is 1.82 bits per heavy atom. The molecule has 1 heterocycles. The number of nitrogens with zero attached hydrogens (tertiary/aromatic N) is 3. The highest BCUT2D eigenvalue weighted by atomic mass is 35.5. The SMILES string of the molecule is C=C(Cl)CSc1nnc(CNC(=O)/C=C\c2ccc(OC)c(OC)c2)n1-c1ccc(OC)cc1. The van der Waals surface area contributed by atoms with E-state index in [1.807, 2.05) is 34.9 Å². The number of methoxy groups -OCH3 is 3. The van der Waals surface area contributed by atoms with Gasteiger partial charge in [0.15, 0.2) is 22.5 Å². The number of amides is 1. The van der Waals surface area contributed by atoms with Gasteiger partial charge in [0.25, 0.3) is 0 Å². The lowest BCUT2D eigenvalue weighted by molar-refractivity contribution is -0.116. The maximum atomic E-state index is 12.5. The first-order valence-electron chi connectivity index (χ1n) is 10.2. The van der Waals surface area contributed by atoms with Crippen molar-refractivity contribution in [3.8, 4) is 22.9 Å². The normalized spacial score (nSPS) is 10.8. The molecule has 0 aliphatic heterocycles. The van der Waals surface area contributed by atoms with Crippen LogP contribution in [0.25, 0.3) is 11.8 Å². The Kier molecular flexibility index (Phi) is 9.00. The number of halogens is 1. The molecule has 0 aliphatic carbocycles. The second-order valence-electron chi connectivity index (χ2n) is 6.90. The van der Waals surface area contributed by atoms with E-state index in [-0.39, 0.29) is 12.5 Å². The van der Waals surface area contributed by atoms with Gasteiger partial charge in [-0.2, -0.15) is 0 Å². The number of carbonyl (C=O) groups excluding carboxylic acids is 1. The minimum absolute atomic E-state index is 0.177. The van der Waals surface area contributed by atoms with Crippen molar-refractivity contribution in [3.63, 3.8) is 0 Å². The molecule has 0 bridgehead atoms. The Labute approximate surface area is 207 Å². The number of hydrogen-bond acceptors (Lipinski definition) is 7. The zero-order valence-corrected chi connectivity index (χ0v) is 20.7. The molecular weight excluding hydrogens is 476 g/mol. The predicted molar refractivity (Wildman–Crippen MR) is 134 cm³/mol. The highest BCUT2D eigenvalue weighted by molar-refractivity contribution is 7.99. The van der Waals surface area contributed by atoms with Crippen LogP contribution in [0.5, 0.6) is 17.2 Å². The van der Waals surface area contributed by atoms with Crippen molar-refractivity contribution >= 4 is 35.3 Å². The van der Waals surface area contributed by atoms with Crippen LogP contribution in [0.4, 0.5) is 0 Å². The van der Waals surface area contributed by atoms with E-state index in [0.717, 1.165) is 17.0 Å². The summed E-state index contributed by atoms with van der Waals surface area (Å²) in [6.07, 6.45) is 3.14. The average molecular weight is 501 g/mol. The summed E-state index contributed by atoms with van der Waals surface area (Å²) in [5.74, 6) is 2.71. The molecule has 0 unspecified atom stereocenters. The van der Waals surface area contributed by atoms with E-state index in [1.54, 1.807) is 39.5 Å². The van der Waals surface area contributed by atoms with E-state index in [2.05, 4.69) is 22.1 Å². The Morgan fingerprint density at radius 1 is 1.09 bits per heavy atom. The quantitative estimate of drug-likeness (QED) is 0.307. The van der Waals surface area contributed by atoms with Crippen molar-refractivity contribution in [1.82, 2.24) is 20.1 Å². The fourth-order valence-electron chi connectivity index (χ4n) is 3.00. The Balaban J connectivity index is 1.74. The van der Waals surface area contributed by atoms with E-state index in [9.17, 15) is 4.79 Å². The lowest BCUT2D eigenvalue weighted by atomic mass is 10.2. The molecule has 0 spiro atoms. The molecule has 178 valence electrons. The summed E-state index contributed by atoms with van der Waals surface area (Å²) in [6, 6.07) is 12.9. The van der Waals surface area contributed by atoms with Gasteiger partial charge in [-0.3, -0.25) is 9.36 Å². The van der Waals surface area contributed by atoms with Crippen LogP contribution in [-0.4, -0.2) is 47.8 Å². The van der Waals surface area contributed by atoms with Gasteiger partial charge in [-0.1, -0.05) is 36.0 Å². The Hall–Kier alpha value is -3.43. The topological polar surface area (TPSA) is 87.5 Å². The molecular formula is C24H25ClN4O4S.